The zero-order valence-electron chi connectivity index (χ0n) is 13.6. The standard InChI is InChI=1S/C17H17Cl2F2NO3/c1-9(2)24-16-5-10(3-4-15(16)25-17(20)21)14(23)6-11-12(18)7-22-8-13(11)19/h3-5,7-9,14,17,23H,6H2,1-2H3/p+1/t14-/m0/s1. The predicted octanol–water partition coefficient (Wildman–Crippen LogP) is 4.47. The average Bonchev–Trinajstić information content (AvgIpc) is 2.51. The minimum absolute atomic E-state index is 0.0926. The van der Waals surface area contributed by atoms with Crippen LogP contribution in [0.15, 0.2) is 30.6 Å². The third-order valence-electron chi connectivity index (χ3n) is 3.33. The topological polar surface area (TPSA) is 52.8 Å². The second-order valence-corrected chi connectivity index (χ2v) is 6.42. The zero-order valence-corrected chi connectivity index (χ0v) is 15.1. The molecule has 0 radical (unpaired) electrons. The van der Waals surface area contributed by atoms with E-state index in [9.17, 15) is 13.9 Å². The molecule has 0 bridgehead atoms. The number of hydrogen-bond acceptors (Lipinski definition) is 3. The molecule has 0 amide bonds. The van der Waals surface area contributed by atoms with Crippen LogP contribution in [0, 0.1) is 0 Å². The van der Waals surface area contributed by atoms with E-state index in [1.807, 2.05) is 0 Å². The van der Waals surface area contributed by atoms with E-state index in [2.05, 4.69) is 9.72 Å². The summed E-state index contributed by atoms with van der Waals surface area (Å²) in [6.45, 7) is 0.549. The molecule has 2 aromatic rings. The maximum Gasteiger partial charge on any atom is 0.387 e. The SMILES string of the molecule is CC(C)Oc1cc([C@@H](O)Cc2c(Cl)c[nH+]cc2Cl)ccc1OC(F)F. The lowest BCUT2D eigenvalue weighted by atomic mass is 10.0. The van der Waals surface area contributed by atoms with Crippen molar-refractivity contribution in [2.24, 2.45) is 0 Å². The van der Waals surface area contributed by atoms with Crippen molar-refractivity contribution in [1.29, 1.82) is 0 Å². The van der Waals surface area contributed by atoms with Crippen molar-refractivity contribution in [3.05, 3.63) is 51.8 Å². The van der Waals surface area contributed by atoms with Gasteiger partial charge in [0.05, 0.1) is 12.2 Å². The summed E-state index contributed by atoms with van der Waals surface area (Å²) in [5.74, 6) is 0.0375. The number of aromatic nitrogens is 1. The highest BCUT2D eigenvalue weighted by Crippen LogP contribution is 2.34. The van der Waals surface area contributed by atoms with E-state index in [0.29, 0.717) is 21.2 Å². The molecule has 2 N–H and O–H groups in total. The van der Waals surface area contributed by atoms with Crippen molar-refractivity contribution in [2.45, 2.75) is 39.1 Å². The molecule has 2 rings (SSSR count). The van der Waals surface area contributed by atoms with Crippen LogP contribution in [0.2, 0.25) is 10.0 Å². The zero-order chi connectivity index (χ0) is 18.6. The van der Waals surface area contributed by atoms with Gasteiger partial charge in [-0.05, 0) is 31.5 Å². The molecule has 8 heteroatoms. The third-order valence-corrected chi connectivity index (χ3v) is 4.00. The van der Waals surface area contributed by atoms with E-state index < -0.39 is 12.7 Å². The lowest BCUT2D eigenvalue weighted by molar-refractivity contribution is -0.377. The number of benzene rings is 1. The molecular weight excluding hydrogens is 375 g/mol. The molecule has 25 heavy (non-hydrogen) atoms. The largest absolute Gasteiger partial charge is 0.487 e. The first-order valence-corrected chi connectivity index (χ1v) is 8.31. The predicted molar refractivity (Wildman–Crippen MR) is 90.5 cm³/mol. The first-order chi connectivity index (χ1) is 11.8. The van der Waals surface area contributed by atoms with Crippen molar-refractivity contribution >= 4 is 23.2 Å². The maximum atomic E-state index is 12.5. The number of aliphatic hydroxyl groups is 1. The molecule has 0 saturated carbocycles. The van der Waals surface area contributed by atoms with Crippen LogP contribution in [0.1, 0.15) is 31.1 Å². The Balaban J connectivity index is 2.28. The minimum atomic E-state index is -2.97. The normalized spacial score (nSPS) is 12.5. The van der Waals surface area contributed by atoms with Crippen LogP contribution < -0.4 is 14.5 Å². The van der Waals surface area contributed by atoms with Crippen LogP contribution >= 0.6 is 23.2 Å². The Bertz CT molecular complexity index is 709. The number of pyridine rings is 1. The van der Waals surface area contributed by atoms with Gasteiger partial charge in [0.25, 0.3) is 0 Å². The molecule has 136 valence electrons. The fourth-order valence-corrected chi connectivity index (χ4v) is 2.79. The molecule has 0 fully saturated rings. The third kappa shape index (κ3) is 5.42. The summed E-state index contributed by atoms with van der Waals surface area (Å²) in [5.41, 5.74) is 1.05. The first kappa shape index (κ1) is 19.7. The fourth-order valence-electron chi connectivity index (χ4n) is 2.25. The number of halogens is 4. The fraction of sp³-hybridized carbons (Fsp3) is 0.353. The Hall–Kier alpha value is -1.63. The van der Waals surface area contributed by atoms with Gasteiger partial charge in [0.15, 0.2) is 23.9 Å². The first-order valence-electron chi connectivity index (χ1n) is 7.55. The molecule has 0 aliphatic carbocycles. The van der Waals surface area contributed by atoms with Crippen molar-refractivity contribution in [3.63, 3.8) is 0 Å². The Morgan fingerprint density at radius 3 is 2.28 bits per heavy atom. The van der Waals surface area contributed by atoms with E-state index in [0.717, 1.165) is 0 Å². The average molecular weight is 393 g/mol. The van der Waals surface area contributed by atoms with Crippen LogP contribution in [0.25, 0.3) is 0 Å². The van der Waals surface area contributed by atoms with Gasteiger partial charge >= 0.3 is 6.61 Å². The molecular formula is C17H18Cl2F2NO3+. The van der Waals surface area contributed by atoms with Crippen LogP contribution in [-0.4, -0.2) is 17.8 Å². The number of aliphatic hydroxyl groups excluding tert-OH is 1. The van der Waals surface area contributed by atoms with E-state index in [4.69, 9.17) is 27.9 Å². The molecule has 1 atom stereocenters. The van der Waals surface area contributed by atoms with Gasteiger partial charge in [-0.25, -0.2) is 4.98 Å². The number of ether oxygens (including phenoxy) is 2. The van der Waals surface area contributed by atoms with Gasteiger partial charge in [0.1, 0.15) is 10.0 Å². The highest BCUT2D eigenvalue weighted by Gasteiger charge is 2.19. The van der Waals surface area contributed by atoms with Gasteiger partial charge < -0.3 is 14.6 Å². The monoisotopic (exact) mass is 392 g/mol. The molecule has 0 saturated heterocycles. The Kier molecular flexibility index (Phi) is 6.81. The van der Waals surface area contributed by atoms with E-state index in [1.54, 1.807) is 26.2 Å². The second kappa shape index (κ2) is 8.65. The molecule has 1 heterocycles. The van der Waals surface area contributed by atoms with Crippen molar-refractivity contribution in [1.82, 2.24) is 0 Å². The number of H-pyrrole nitrogens is 1. The lowest BCUT2D eigenvalue weighted by Crippen LogP contribution is -2.11. The van der Waals surface area contributed by atoms with Crippen molar-refractivity contribution < 1.29 is 28.3 Å². The summed E-state index contributed by atoms with van der Waals surface area (Å²) in [6.07, 6.45) is 2.07. The van der Waals surface area contributed by atoms with Gasteiger partial charge in [-0.1, -0.05) is 29.3 Å². The molecule has 0 aliphatic heterocycles. The molecule has 0 unspecified atom stereocenters. The van der Waals surface area contributed by atoms with Crippen LogP contribution in [0.5, 0.6) is 11.5 Å². The van der Waals surface area contributed by atoms with Crippen LogP contribution in [0.3, 0.4) is 0 Å². The Labute approximate surface area is 154 Å². The number of alkyl halides is 2. The Morgan fingerprint density at radius 2 is 1.72 bits per heavy atom. The van der Waals surface area contributed by atoms with Gasteiger partial charge in [0, 0.05) is 12.0 Å². The summed E-state index contributed by atoms with van der Waals surface area (Å²) in [5, 5.41) is 11.3. The quantitative estimate of drug-likeness (QED) is 0.755. The van der Waals surface area contributed by atoms with Gasteiger partial charge in [-0.3, -0.25) is 0 Å². The molecule has 1 aromatic carbocycles. The number of rotatable bonds is 7. The summed E-state index contributed by atoms with van der Waals surface area (Å²) in [7, 11) is 0. The molecule has 1 aromatic heterocycles. The van der Waals surface area contributed by atoms with Gasteiger partial charge in [-0.15, -0.1) is 0 Å². The van der Waals surface area contributed by atoms with Gasteiger partial charge in [0.2, 0.25) is 0 Å². The number of hydrogen-bond donors (Lipinski definition) is 1. The second-order valence-electron chi connectivity index (χ2n) is 5.60. The summed E-state index contributed by atoms with van der Waals surface area (Å²) >= 11 is 12.2. The highest BCUT2D eigenvalue weighted by atomic mass is 35.5. The number of aromatic amines is 1. The summed E-state index contributed by atoms with van der Waals surface area (Å²) in [4.78, 5) is 2.79. The maximum absolute atomic E-state index is 12.5. The van der Waals surface area contributed by atoms with Gasteiger partial charge in [-0.2, -0.15) is 8.78 Å². The highest BCUT2D eigenvalue weighted by molar-refractivity contribution is 6.35. The smallest absolute Gasteiger partial charge is 0.387 e. The van der Waals surface area contributed by atoms with E-state index >= 15 is 0 Å². The minimum Gasteiger partial charge on any atom is -0.487 e. The van der Waals surface area contributed by atoms with Crippen LogP contribution in [0.4, 0.5) is 8.78 Å². The number of nitrogens with one attached hydrogen (secondary N) is 1. The summed E-state index contributed by atoms with van der Waals surface area (Å²) < 4.78 is 35.0. The van der Waals surface area contributed by atoms with Crippen molar-refractivity contribution in [3.8, 4) is 11.5 Å². The van der Waals surface area contributed by atoms with E-state index in [-0.39, 0.29) is 24.0 Å². The summed E-state index contributed by atoms with van der Waals surface area (Å²) in [6, 6.07) is 4.30. The van der Waals surface area contributed by atoms with Crippen LogP contribution in [-0.2, 0) is 6.42 Å². The molecule has 0 spiro atoms. The Morgan fingerprint density at radius 1 is 1.08 bits per heavy atom. The molecule has 4 nitrogen and oxygen atoms in total. The van der Waals surface area contributed by atoms with Crippen molar-refractivity contribution in [2.75, 3.05) is 0 Å². The lowest BCUT2D eigenvalue weighted by Gasteiger charge is -2.18. The molecule has 0 aliphatic rings. The van der Waals surface area contributed by atoms with E-state index in [1.165, 1.54) is 18.2 Å².